The summed E-state index contributed by atoms with van der Waals surface area (Å²) in [5.41, 5.74) is 0. The summed E-state index contributed by atoms with van der Waals surface area (Å²) < 4.78 is 15.5. The van der Waals surface area contributed by atoms with Crippen LogP contribution in [0.1, 0.15) is 48.1 Å². The summed E-state index contributed by atoms with van der Waals surface area (Å²) >= 11 is 0. The second-order valence-electron chi connectivity index (χ2n) is 3.91. The molecule has 3 aliphatic rings. The van der Waals surface area contributed by atoms with E-state index < -0.39 is 6.37 Å². The summed E-state index contributed by atoms with van der Waals surface area (Å²) in [5.74, 6) is 1.93. The predicted octanol–water partition coefficient (Wildman–Crippen LogP) is 3.22. The normalized spacial score (nSPS) is 50.3. The Balaban J connectivity index is 2.09. The fourth-order valence-electron chi connectivity index (χ4n) is 2.73. The van der Waals surface area contributed by atoms with E-state index in [-0.39, 0.29) is 0 Å². The van der Waals surface area contributed by atoms with Crippen molar-refractivity contribution in [2.45, 2.75) is 45.4 Å². The van der Waals surface area contributed by atoms with Gasteiger partial charge in [-0.2, -0.15) is 0 Å². The SMILES string of the molecule is [2H]C([2H])(C)C1CC2CCC1CC2. The van der Waals surface area contributed by atoms with Crippen LogP contribution >= 0.6 is 0 Å². The van der Waals surface area contributed by atoms with Crippen molar-refractivity contribution in [2.24, 2.45) is 17.8 Å². The summed E-state index contributed by atoms with van der Waals surface area (Å²) in [7, 11) is 0. The van der Waals surface area contributed by atoms with E-state index in [0.29, 0.717) is 11.8 Å². The summed E-state index contributed by atoms with van der Waals surface area (Å²) in [6.07, 6.45) is 5.57. The van der Waals surface area contributed by atoms with E-state index in [4.69, 9.17) is 2.74 Å². The van der Waals surface area contributed by atoms with Crippen molar-refractivity contribution in [1.82, 2.24) is 0 Å². The molecule has 0 radical (unpaired) electrons. The van der Waals surface area contributed by atoms with Crippen molar-refractivity contribution < 1.29 is 2.74 Å². The van der Waals surface area contributed by atoms with Crippen LogP contribution in [0.3, 0.4) is 0 Å². The molecule has 0 amide bonds. The number of fused-ring (bicyclic) bond motifs is 3. The van der Waals surface area contributed by atoms with Gasteiger partial charge in [-0.15, -0.1) is 0 Å². The Morgan fingerprint density at radius 2 is 2.00 bits per heavy atom. The Morgan fingerprint density at radius 3 is 2.30 bits per heavy atom. The van der Waals surface area contributed by atoms with Crippen LogP contribution in [0.4, 0.5) is 0 Å². The van der Waals surface area contributed by atoms with Gasteiger partial charge in [-0.25, -0.2) is 0 Å². The molecule has 0 saturated heterocycles. The van der Waals surface area contributed by atoms with E-state index >= 15 is 0 Å². The van der Waals surface area contributed by atoms with Gasteiger partial charge in [0.1, 0.15) is 0 Å². The van der Waals surface area contributed by atoms with Crippen LogP contribution in [0.2, 0.25) is 0 Å². The average molecular weight is 140 g/mol. The number of hydrogen-bond donors (Lipinski definition) is 0. The first-order valence-electron chi connectivity index (χ1n) is 5.57. The van der Waals surface area contributed by atoms with Crippen LogP contribution in [0.5, 0.6) is 0 Å². The van der Waals surface area contributed by atoms with E-state index in [0.717, 1.165) is 12.3 Å². The van der Waals surface area contributed by atoms with Crippen molar-refractivity contribution in [1.29, 1.82) is 0 Å². The molecule has 10 heavy (non-hydrogen) atoms. The van der Waals surface area contributed by atoms with Crippen molar-refractivity contribution in [3.8, 4) is 0 Å². The van der Waals surface area contributed by atoms with Gasteiger partial charge in [0.25, 0.3) is 0 Å². The standard InChI is InChI=1S/C10H18/c1-2-9-7-8-3-5-10(9)6-4-8/h8-10H,2-7H2,1H3/i2D2. The lowest BCUT2D eigenvalue weighted by Crippen LogP contribution is -2.30. The van der Waals surface area contributed by atoms with Crippen LogP contribution < -0.4 is 0 Å². The van der Waals surface area contributed by atoms with E-state index in [2.05, 4.69) is 0 Å². The Bertz CT molecular complexity index is 163. The fourth-order valence-corrected chi connectivity index (χ4v) is 2.73. The molecule has 0 N–H and O–H groups in total. The minimum absolute atomic E-state index is 0.366. The lowest BCUT2D eigenvalue weighted by Gasteiger charge is -2.42. The second kappa shape index (κ2) is 2.56. The zero-order valence-electron chi connectivity index (χ0n) is 8.77. The van der Waals surface area contributed by atoms with Crippen LogP contribution in [-0.2, 0) is 0 Å². The molecular weight excluding hydrogens is 120 g/mol. The smallest absolute Gasteiger partial charge is 0.0267 e. The van der Waals surface area contributed by atoms with Crippen LogP contribution in [0.15, 0.2) is 0 Å². The molecule has 0 aromatic rings. The van der Waals surface area contributed by atoms with Gasteiger partial charge in [-0.05, 0) is 37.0 Å². The molecule has 3 aliphatic carbocycles. The fraction of sp³-hybridized carbons (Fsp3) is 1.00. The van der Waals surface area contributed by atoms with Crippen LogP contribution in [0, 0.1) is 17.8 Å². The first-order valence-corrected chi connectivity index (χ1v) is 4.57. The maximum absolute atomic E-state index is 7.75. The van der Waals surface area contributed by atoms with Crippen molar-refractivity contribution in [3.63, 3.8) is 0 Å². The monoisotopic (exact) mass is 140 g/mol. The van der Waals surface area contributed by atoms with Gasteiger partial charge in [0.05, 0.1) is 0 Å². The number of hydrogen-bond acceptors (Lipinski definition) is 0. The van der Waals surface area contributed by atoms with Gasteiger partial charge in [0, 0.05) is 2.74 Å². The molecule has 58 valence electrons. The third-order valence-corrected chi connectivity index (χ3v) is 3.42. The van der Waals surface area contributed by atoms with Gasteiger partial charge in [-0.1, -0.05) is 26.1 Å². The predicted molar refractivity (Wildman–Crippen MR) is 43.8 cm³/mol. The van der Waals surface area contributed by atoms with Gasteiger partial charge in [-0.3, -0.25) is 0 Å². The van der Waals surface area contributed by atoms with E-state index in [1.807, 2.05) is 0 Å². The molecule has 0 aromatic carbocycles. The van der Waals surface area contributed by atoms with Crippen LogP contribution in [-0.4, -0.2) is 0 Å². The van der Waals surface area contributed by atoms with Crippen molar-refractivity contribution in [3.05, 3.63) is 0 Å². The lowest BCUT2D eigenvalue weighted by atomic mass is 9.64. The highest BCUT2D eigenvalue weighted by atomic mass is 14.4. The minimum Gasteiger partial charge on any atom is -0.0651 e. The zero-order chi connectivity index (χ0) is 8.77. The quantitative estimate of drug-likeness (QED) is 0.524. The molecule has 2 bridgehead atoms. The van der Waals surface area contributed by atoms with E-state index in [1.54, 1.807) is 6.92 Å². The highest BCUT2D eigenvalue weighted by Gasteiger charge is 2.33. The third-order valence-electron chi connectivity index (χ3n) is 3.42. The molecule has 0 heterocycles. The zero-order valence-corrected chi connectivity index (χ0v) is 6.77. The van der Waals surface area contributed by atoms with E-state index in [9.17, 15) is 0 Å². The first kappa shape index (κ1) is 4.79. The second-order valence-corrected chi connectivity index (χ2v) is 3.91. The highest BCUT2D eigenvalue weighted by Crippen LogP contribution is 2.45. The Labute approximate surface area is 66.8 Å². The molecule has 1 unspecified atom stereocenters. The lowest BCUT2D eigenvalue weighted by molar-refractivity contribution is 0.0964. The molecular formula is C10H18. The van der Waals surface area contributed by atoms with Crippen molar-refractivity contribution >= 4 is 0 Å². The Morgan fingerprint density at radius 1 is 1.30 bits per heavy atom. The molecule has 0 spiro atoms. The molecule has 0 nitrogen and oxygen atoms in total. The molecule has 3 saturated carbocycles. The summed E-state index contributed by atoms with van der Waals surface area (Å²) in [4.78, 5) is 0. The molecule has 0 aromatic heterocycles. The maximum Gasteiger partial charge on any atom is 0.0267 e. The minimum atomic E-state index is -0.927. The molecule has 3 rings (SSSR count). The molecule has 1 atom stereocenters. The summed E-state index contributed by atoms with van der Waals surface area (Å²) in [6, 6.07) is 0. The highest BCUT2D eigenvalue weighted by molar-refractivity contribution is 4.85. The van der Waals surface area contributed by atoms with Gasteiger partial charge < -0.3 is 0 Å². The molecule has 0 heteroatoms. The van der Waals surface area contributed by atoms with Gasteiger partial charge in [0.2, 0.25) is 0 Å². The topological polar surface area (TPSA) is 0 Å². The van der Waals surface area contributed by atoms with Crippen LogP contribution in [0.25, 0.3) is 0 Å². The van der Waals surface area contributed by atoms with Gasteiger partial charge >= 0.3 is 0 Å². The molecule has 0 aliphatic heterocycles. The summed E-state index contributed by atoms with van der Waals surface area (Å²) in [6.45, 7) is 1.76. The molecule has 3 fully saturated rings. The Kier molecular flexibility index (Phi) is 1.23. The third kappa shape index (κ3) is 0.980. The maximum atomic E-state index is 7.75. The average Bonchev–Trinajstić information content (AvgIpc) is 2.05. The van der Waals surface area contributed by atoms with Crippen molar-refractivity contribution in [2.75, 3.05) is 0 Å². The first-order chi connectivity index (χ1) is 5.57. The summed E-state index contributed by atoms with van der Waals surface area (Å²) in [5, 5.41) is 0. The number of rotatable bonds is 1. The van der Waals surface area contributed by atoms with Gasteiger partial charge in [0.15, 0.2) is 0 Å². The largest absolute Gasteiger partial charge is 0.0651 e. The van der Waals surface area contributed by atoms with E-state index in [1.165, 1.54) is 25.7 Å². The Hall–Kier alpha value is 0.